The average Bonchev–Trinajstić information content (AvgIpc) is 3.12. The predicted molar refractivity (Wildman–Crippen MR) is 114 cm³/mol. The molecule has 150 valence electrons. The normalized spacial score (nSPS) is 14.6. The van der Waals surface area contributed by atoms with E-state index >= 15 is 0 Å². The molecule has 1 fully saturated rings. The highest BCUT2D eigenvalue weighted by atomic mass is 16.5. The number of pyridine rings is 2. The lowest BCUT2D eigenvalue weighted by molar-refractivity contribution is 0.222. The fourth-order valence-electron chi connectivity index (χ4n) is 3.81. The lowest BCUT2D eigenvalue weighted by atomic mass is 10.0. The molecule has 0 aromatic carbocycles. The molecule has 0 saturated carbocycles. The molecule has 4 rings (SSSR count). The Morgan fingerprint density at radius 3 is 2.76 bits per heavy atom. The zero-order chi connectivity index (χ0) is 20.1. The average molecular weight is 390 g/mol. The van der Waals surface area contributed by atoms with E-state index in [0.717, 1.165) is 47.5 Å². The summed E-state index contributed by atoms with van der Waals surface area (Å²) in [5.74, 6) is 6.69. The lowest BCUT2D eigenvalue weighted by Gasteiger charge is -2.26. The number of piperidine rings is 1. The fraction of sp³-hybridized carbons (Fsp3) is 0.391. The molecule has 29 heavy (non-hydrogen) atoms. The molecule has 1 aliphatic rings. The first-order valence-corrected chi connectivity index (χ1v) is 10.1. The van der Waals surface area contributed by atoms with Gasteiger partial charge in [0.15, 0.2) is 0 Å². The van der Waals surface area contributed by atoms with Crippen molar-refractivity contribution in [2.45, 2.75) is 32.2 Å². The van der Waals surface area contributed by atoms with Crippen molar-refractivity contribution in [3.8, 4) is 29.0 Å². The topological polar surface area (TPSA) is 74.3 Å². The van der Waals surface area contributed by atoms with Gasteiger partial charge < -0.3 is 14.8 Å². The summed E-state index contributed by atoms with van der Waals surface area (Å²) in [4.78, 5) is 15.0. The Bertz CT molecular complexity index is 1020. The van der Waals surface area contributed by atoms with Gasteiger partial charge in [-0.2, -0.15) is 0 Å². The van der Waals surface area contributed by atoms with E-state index in [9.17, 15) is 0 Å². The number of rotatable bonds is 5. The molecule has 3 aromatic rings. The van der Waals surface area contributed by atoms with Crippen LogP contribution in [0.1, 0.15) is 36.8 Å². The number of nitrogens with one attached hydrogen (secondary N) is 1. The first-order chi connectivity index (χ1) is 14.3. The minimum atomic E-state index is 0.0711. The van der Waals surface area contributed by atoms with Crippen molar-refractivity contribution >= 4 is 11.0 Å². The maximum Gasteiger partial charge on any atom is 0.212 e. The van der Waals surface area contributed by atoms with Gasteiger partial charge in [-0.15, -0.1) is 0 Å². The van der Waals surface area contributed by atoms with Gasteiger partial charge in [0.25, 0.3) is 0 Å². The summed E-state index contributed by atoms with van der Waals surface area (Å²) < 4.78 is 5.20. The molecule has 0 bridgehead atoms. The highest BCUT2D eigenvalue weighted by molar-refractivity contribution is 5.89. The molecule has 1 saturated heterocycles. The molecular formula is C23H26N4O2. The third-order valence-corrected chi connectivity index (χ3v) is 5.29. The molecule has 0 atom stereocenters. The molecule has 0 unspecified atom stereocenters. The molecular weight excluding hydrogens is 364 g/mol. The lowest BCUT2D eigenvalue weighted by Crippen LogP contribution is -2.29. The number of methoxy groups -OCH3 is 1. The Hall–Kier alpha value is -2.88. The van der Waals surface area contributed by atoms with E-state index < -0.39 is 0 Å². The van der Waals surface area contributed by atoms with Crippen LogP contribution in [-0.2, 0) is 6.54 Å². The van der Waals surface area contributed by atoms with Crippen LogP contribution in [0.5, 0.6) is 5.88 Å². The van der Waals surface area contributed by atoms with E-state index in [1.807, 2.05) is 18.3 Å². The van der Waals surface area contributed by atoms with Crippen LogP contribution in [-0.4, -0.2) is 51.8 Å². The van der Waals surface area contributed by atoms with Crippen molar-refractivity contribution in [2.75, 3.05) is 26.8 Å². The summed E-state index contributed by atoms with van der Waals surface area (Å²) in [5, 5.41) is 10.1. The van der Waals surface area contributed by atoms with Crippen LogP contribution in [0.25, 0.3) is 22.3 Å². The maximum atomic E-state index is 8.97. The quantitative estimate of drug-likeness (QED) is 0.654. The third kappa shape index (κ3) is 4.42. The highest BCUT2D eigenvalue weighted by Gasteiger charge is 2.19. The summed E-state index contributed by atoms with van der Waals surface area (Å²) in [6.07, 6.45) is 7.89. The Morgan fingerprint density at radius 2 is 2.03 bits per heavy atom. The summed E-state index contributed by atoms with van der Waals surface area (Å²) in [6.45, 7) is 3.19. The van der Waals surface area contributed by atoms with Gasteiger partial charge in [-0.3, -0.25) is 4.90 Å². The van der Waals surface area contributed by atoms with E-state index in [1.54, 1.807) is 13.3 Å². The largest absolute Gasteiger partial charge is 0.481 e. The molecule has 0 spiro atoms. The van der Waals surface area contributed by atoms with Crippen LogP contribution in [0.3, 0.4) is 0 Å². The number of likely N-dealkylation sites (tertiary alicyclic amines) is 1. The number of ether oxygens (including phenoxy) is 1. The van der Waals surface area contributed by atoms with Crippen LogP contribution in [0.4, 0.5) is 0 Å². The second-order valence-electron chi connectivity index (χ2n) is 7.30. The number of aliphatic hydroxyl groups is 1. The number of hydrogen-bond donors (Lipinski definition) is 2. The molecule has 0 radical (unpaired) electrons. The van der Waals surface area contributed by atoms with Gasteiger partial charge in [0.1, 0.15) is 5.65 Å². The van der Waals surface area contributed by atoms with Crippen LogP contribution < -0.4 is 4.74 Å². The Morgan fingerprint density at radius 1 is 1.17 bits per heavy atom. The zero-order valence-corrected chi connectivity index (χ0v) is 16.7. The molecule has 4 heterocycles. The van der Waals surface area contributed by atoms with Crippen molar-refractivity contribution in [3.05, 3.63) is 41.7 Å². The van der Waals surface area contributed by atoms with Crippen molar-refractivity contribution in [3.63, 3.8) is 0 Å². The van der Waals surface area contributed by atoms with Crippen LogP contribution in [0.2, 0.25) is 0 Å². The van der Waals surface area contributed by atoms with Gasteiger partial charge in [-0.05, 0) is 38.1 Å². The van der Waals surface area contributed by atoms with E-state index in [4.69, 9.17) is 9.84 Å². The molecule has 6 heteroatoms. The van der Waals surface area contributed by atoms with Crippen molar-refractivity contribution < 1.29 is 9.84 Å². The number of aromatic amines is 1. The third-order valence-electron chi connectivity index (χ3n) is 5.29. The van der Waals surface area contributed by atoms with E-state index in [1.165, 1.54) is 24.8 Å². The standard InChI is InChI=1S/C23H26N4O2/c1-29-21-9-8-18(15-24-21)22-20(16-27-10-4-2-5-11-27)19-13-17(7-3-6-12-28)14-25-23(19)26-22/h8-9,13-15,28H,2,4-6,10-12,16H2,1H3,(H,25,26). The number of aromatic nitrogens is 3. The van der Waals surface area contributed by atoms with Crippen LogP contribution in [0, 0.1) is 11.8 Å². The Balaban J connectivity index is 1.77. The molecule has 0 amide bonds. The predicted octanol–water partition coefficient (Wildman–Crippen LogP) is 3.35. The molecule has 0 aliphatic carbocycles. The second-order valence-corrected chi connectivity index (χ2v) is 7.30. The number of fused-ring (bicyclic) bond motifs is 1. The maximum absolute atomic E-state index is 8.97. The number of hydrogen-bond acceptors (Lipinski definition) is 5. The molecule has 6 nitrogen and oxygen atoms in total. The first-order valence-electron chi connectivity index (χ1n) is 10.1. The van der Waals surface area contributed by atoms with Gasteiger partial charge in [0, 0.05) is 53.5 Å². The van der Waals surface area contributed by atoms with Crippen molar-refractivity contribution in [1.29, 1.82) is 0 Å². The smallest absolute Gasteiger partial charge is 0.212 e. The molecule has 3 aromatic heterocycles. The first kappa shape index (κ1) is 19.4. The zero-order valence-electron chi connectivity index (χ0n) is 16.7. The highest BCUT2D eigenvalue weighted by Crippen LogP contribution is 2.32. The Kier molecular flexibility index (Phi) is 6.09. The van der Waals surface area contributed by atoms with E-state index in [2.05, 4.69) is 37.8 Å². The van der Waals surface area contributed by atoms with Gasteiger partial charge in [-0.1, -0.05) is 18.3 Å². The van der Waals surface area contributed by atoms with Gasteiger partial charge in [0.2, 0.25) is 5.88 Å². The second kappa shape index (κ2) is 9.08. The summed E-state index contributed by atoms with van der Waals surface area (Å²) >= 11 is 0. The minimum absolute atomic E-state index is 0.0711. The van der Waals surface area contributed by atoms with E-state index in [0.29, 0.717) is 12.3 Å². The number of H-pyrrole nitrogens is 1. The summed E-state index contributed by atoms with van der Waals surface area (Å²) in [6, 6.07) is 6.01. The van der Waals surface area contributed by atoms with Crippen LogP contribution >= 0.6 is 0 Å². The van der Waals surface area contributed by atoms with Gasteiger partial charge in [-0.25, -0.2) is 9.97 Å². The van der Waals surface area contributed by atoms with Crippen molar-refractivity contribution in [1.82, 2.24) is 19.9 Å². The monoisotopic (exact) mass is 390 g/mol. The fourth-order valence-corrected chi connectivity index (χ4v) is 3.81. The Labute approximate surface area is 170 Å². The van der Waals surface area contributed by atoms with Crippen LogP contribution in [0.15, 0.2) is 30.6 Å². The van der Waals surface area contributed by atoms with E-state index in [-0.39, 0.29) is 6.61 Å². The van der Waals surface area contributed by atoms with Gasteiger partial charge in [0.05, 0.1) is 19.4 Å². The number of nitrogens with zero attached hydrogens (tertiary/aromatic N) is 3. The SMILES string of the molecule is COc1ccc(-c2[nH]c3ncc(C#CCCO)cc3c2CN2CCCCC2)cn1. The van der Waals surface area contributed by atoms with Crippen molar-refractivity contribution in [2.24, 2.45) is 0 Å². The molecule has 2 N–H and O–H groups in total. The van der Waals surface area contributed by atoms with Gasteiger partial charge >= 0.3 is 0 Å². The number of aliphatic hydroxyl groups excluding tert-OH is 1. The summed E-state index contributed by atoms with van der Waals surface area (Å²) in [5.41, 5.74) is 5.02. The minimum Gasteiger partial charge on any atom is -0.481 e. The summed E-state index contributed by atoms with van der Waals surface area (Å²) in [7, 11) is 1.62. The molecule has 1 aliphatic heterocycles.